The first-order chi connectivity index (χ1) is 13.8. The summed E-state index contributed by atoms with van der Waals surface area (Å²) in [5.74, 6) is 0.0300. The quantitative estimate of drug-likeness (QED) is 0.556. The summed E-state index contributed by atoms with van der Waals surface area (Å²) >= 11 is 0. The first-order valence-electron chi connectivity index (χ1n) is 8.34. The minimum Gasteiger partial charge on any atom is -0.368 e. The Kier molecular flexibility index (Phi) is 4.15. The van der Waals surface area contributed by atoms with E-state index in [9.17, 15) is 13.2 Å². The zero-order valence-electron chi connectivity index (χ0n) is 14.9. The maximum absolute atomic E-state index is 13.3. The Balaban J connectivity index is 2.06. The van der Waals surface area contributed by atoms with E-state index < -0.39 is 11.9 Å². The molecular formula is C19H12F3N7. The molecular weight excluding hydrogens is 383 g/mol. The Bertz CT molecular complexity index is 1270. The zero-order chi connectivity index (χ0) is 20.8. The van der Waals surface area contributed by atoms with Gasteiger partial charge < -0.3 is 5.73 Å². The van der Waals surface area contributed by atoms with Crippen LogP contribution in [0.4, 0.5) is 19.1 Å². The van der Waals surface area contributed by atoms with Crippen LogP contribution in [0.2, 0.25) is 0 Å². The summed E-state index contributed by atoms with van der Waals surface area (Å²) in [5.41, 5.74) is 7.30. The van der Waals surface area contributed by atoms with Gasteiger partial charge in [-0.05, 0) is 36.8 Å². The van der Waals surface area contributed by atoms with Crippen LogP contribution >= 0.6 is 0 Å². The maximum atomic E-state index is 13.3. The number of hydrogen-bond donors (Lipinski definition) is 1. The van der Waals surface area contributed by atoms with Crippen LogP contribution in [-0.2, 0) is 6.18 Å². The number of pyridine rings is 1. The van der Waals surface area contributed by atoms with Gasteiger partial charge in [-0.2, -0.15) is 28.0 Å². The summed E-state index contributed by atoms with van der Waals surface area (Å²) in [6, 6.07) is 11.0. The molecule has 144 valence electrons. The number of fused-ring (bicyclic) bond motifs is 1. The number of anilines is 1. The largest absolute Gasteiger partial charge is 0.433 e. The molecule has 0 aliphatic rings. The van der Waals surface area contributed by atoms with E-state index in [2.05, 4.69) is 20.1 Å². The van der Waals surface area contributed by atoms with Crippen LogP contribution in [0.3, 0.4) is 0 Å². The number of aromatic nitrogens is 5. The number of rotatable bonds is 2. The van der Waals surface area contributed by atoms with Crippen molar-refractivity contribution in [2.24, 2.45) is 0 Å². The molecule has 7 nitrogen and oxygen atoms in total. The minimum atomic E-state index is -4.61. The number of nitrogen functional groups attached to an aromatic ring is 1. The van der Waals surface area contributed by atoms with Crippen molar-refractivity contribution in [1.29, 1.82) is 5.26 Å². The van der Waals surface area contributed by atoms with Crippen molar-refractivity contribution in [3.8, 4) is 28.5 Å². The Morgan fingerprint density at radius 2 is 1.79 bits per heavy atom. The average molecular weight is 395 g/mol. The lowest BCUT2D eigenvalue weighted by Crippen LogP contribution is -2.10. The molecule has 0 aliphatic heterocycles. The molecule has 2 N–H and O–H groups in total. The molecule has 0 unspecified atom stereocenters. The predicted octanol–water partition coefficient (Wildman–Crippen LogP) is 3.63. The normalized spacial score (nSPS) is 11.6. The molecule has 4 aromatic rings. The minimum absolute atomic E-state index is 0.0300. The number of halogens is 3. The Morgan fingerprint density at radius 1 is 1.07 bits per heavy atom. The number of aryl methyl sites for hydroxylation is 1. The Morgan fingerprint density at radius 3 is 2.45 bits per heavy atom. The molecule has 10 heteroatoms. The van der Waals surface area contributed by atoms with E-state index in [1.54, 1.807) is 24.3 Å². The number of nitrogens with zero attached hydrogens (tertiary/aromatic N) is 6. The Labute approximate surface area is 162 Å². The van der Waals surface area contributed by atoms with Gasteiger partial charge in [-0.3, -0.25) is 0 Å². The van der Waals surface area contributed by atoms with E-state index in [1.807, 2.05) is 6.07 Å². The van der Waals surface area contributed by atoms with Crippen molar-refractivity contribution in [2.45, 2.75) is 13.1 Å². The predicted molar refractivity (Wildman–Crippen MR) is 98.3 cm³/mol. The van der Waals surface area contributed by atoms with Gasteiger partial charge >= 0.3 is 6.18 Å². The van der Waals surface area contributed by atoms with Crippen molar-refractivity contribution in [3.05, 3.63) is 59.7 Å². The standard InChI is InChI=1S/C19H12F3N7/c1-10-6-13(7-14(27-10)19(20,21)22)15-16(12-4-2-11(8-23)3-5-12)28-18(24)29-17(15)25-9-26-29/h2-7,9H,1H3,(H2,24,28). The second-order valence-corrected chi connectivity index (χ2v) is 6.26. The molecule has 3 aromatic heterocycles. The van der Waals surface area contributed by atoms with Crippen LogP contribution in [0.15, 0.2) is 42.7 Å². The van der Waals surface area contributed by atoms with E-state index in [4.69, 9.17) is 11.0 Å². The summed E-state index contributed by atoms with van der Waals surface area (Å²) in [5, 5.41) is 13.0. The monoisotopic (exact) mass is 395 g/mol. The van der Waals surface area contributed by atoms with Gasteiger partial charge in [0.2, 0.25) is 5.95 Å². The molecule has 0 amide bonds. The summed E-state index contributed by atoms with van der Waals surface area (Å²) < 4.78 is 41.2. The maximum Gasteiger partial charge on any atom is 0.433 e. The molecule has 0 atom stereocenters. The zero-order valence-corrected chi connectivity index (χ0v) is 14.9. The second kappa shape index (κ2) is 6.56. The van der Waals surface area contributed by atoms with E-state index in [0.29, 0.717) is 22.4 Å². The van der Waals surface area contributed by atoms with Gasteiger partial charge in [0.05, 0.1) is 22.9 Å². The fourth-order valence-electron chi connectivity index (χ4n) is 3.04. The van der Waals surface area contributed by atoms with E-state index in [1.165, 1.54) is 23.8 Å². The fraction of sp³-hybridized carbons (Fsp3) is 0.105. The van der Waals surface area contributed by atoms with Crippen LogP contribution in [0.25, 0.3) is 28.0 Å². The lowest BCUT2D eigenvalue weighted by molar-refractivity contribution is -0.141. The Hall–Kier alpha value is -4.00. The molecule has 1 aromatic carbocycles. The molecule has 0 spiro atoms. The first kappa shape index (κ1) is 18.4. The summed E-state index contributed by atoms with van der Waals surface area (Å²) in [6.07, 6.45) is -3.36. The van der Waals surface area contributed by atoms with E-state index >= 15 is 0 Å². The highest BCUT2D eigenvalue weighted by Crippen LogP contribution is 2.37. The van der Waals surface area contributed by atoms with Gasteiger partial charge in [0.25, 0.3) is 0 Å². The molecule has 29 heavy (non-hydrogen) atoms. The van der Waals surface area contributed by atoms with Crippen molar-refractivity contribution in [3.63, 3.8) is 0 Å². The number of nitrogens with two attached hydrogens (primary N) is 1. The second-order valence-electron chi connectivity index (χ2n) is 6.26. The number of benzene rings is 1. The highest BCUT2D eigenvalue weighted by Gasteiger charge is 2.33. The number of nitriles is 1. The molecule has 3 heterocycles. The van der Waals surface area contributed by atoms with Crippen molar-refractivity contribution in [1.82, 2.24) is 24.6 Å². The van der Waals surface area contributed by atoms with Crippen LogP contribution < -0.4 is 5.73 Å². The SMILES string of the molecule is Cc1cc(-c2c(-c3ccc(C#N)cc3)nc(N)n3ncnc23)cc(C(F)(F)F)n1. The molecule has 0 radical (unpaired) electrons. The molecule has 0 bridgehead atoms. The molecule has 0 aliphatic carbocycles. The lowest BCUT2D eigenvalue weighted by Gasteiger charge is -2.14. The van der Waals surface area contributed by atoms with Crippen LogP contribution in [0.5, 0.6) is 0 Å². The fourth-order valence-corrected chi connectivity index (χ4v) is 3.04. The van der Waals surface area contributed by atoms with Gasteiger partial charge in [-0.1, -0.05) is 12.1 Å². The van der Waals surface area contributed by atoms with Crippen molar-refractivity contribution >= 4 is 11.6 Å². The van der Waals surface area contributed by atoms with E-state index in [0.717, 1.165) is 6.07 Å². The molecule has 0 fully saturated rings. The smallest absolute Gasteiger partial charge is 0.368 e. The third-order valence-corrected chi connectivity index (χ3v) is 4.27. The van der Waals surface area contributed by atoms with Crippen LogP contribution in [0, 0.1) is 18.3 Å². The summed E-state index contributed by atoms with van der Waals surface area (Å²) in [7, 11) is 0. The summed E-state index contributed by atoms with van der Waals surface area (Å²) in [6.45, 7) is 1.48. The summed E-state index contributed by atoms with van der Waals surface area (Å²) in [4.78, 5) is 12.1. The topological polar surface area (TPSA) is 106 Å². The molecule has 4 rings (SSSR count). The van der Waals surface area contributed by atoms with Crippen LogP contribution in [-0.4, -0.2) is 24.6 Å². The van der Waals surface area contributed by atoms with Gasteiger partial charge in [0, 0.05) is 11.3 Å². The van der Waals surface area contributed by atoms with Gasteiger partial charge in [-0.15, -0.1) is 0 Å². The van der Waals surface area contributed by atoms with Gasteiger partial charge in [0.1, 0.15) is 12.0 Å². The third kappa shape index (κ3) is 3.23. The van der Waals surface area contributed by atoms with Gasteiger partial charge in [0.15, 0.2) is 5.65 Å². The lowest BCUT2D eigenvalue weighted by atomic mass is 9.98. The van der Waals surface area contributed by atoms with Gasteiger partial charge in [-0.25, -0.2) is 15.0 Å². The highest BCUT2D eigenvalue weighted by atomic mass is 19.4. The van der Waals surface area contributed by atoms with Crippen molar-refractivity contribution in [2.75, 3.05) is 5.73 Å². The highest BCUT2D eigenvalue weighted by molar-refractivity contribution is 5.90. The number of hydrogen-bond acceptors (Lipinski definition) is 6. The first-order valence-corrected chi connectivity index (χ1v) is 8.34. The third-order valence-electron chi connectivity index (χ3n) is 4.27. The average Bonchev–Trinajstić information content (AvgIpc) is 3.17. The van der Waals surface area contributed by atoms with E-state index in [-0.39, 0.29) is 22.9 Å². The number of alkyl halides is 3. The van der Waals surface area contributed by atoms with Crippen molar-refractivity contribution < 1.29 is 13.2 Å². The molecule has 0 saturated heterocycles. The van der Waals surface area contributed by atoms with Crippen LogP contribution in [0.1, 0.15) is 17.0 Å². The molecule has 0 saturated carbocycles.